The van der Waals surface area contributed by atoms with Crippen LogP contribution in [0.3, 0.4) is 0 Å². The molecule has 3 rings (SSSR count). The Balaban J connectivity index is 2.00. The number of hydrogen-bond acceptors (Lipinski definition) is 5. The highest BCUT2D eigenvalue weighted by Gasteiger charge is 2.32. The van der Waals surface area contributed by atoms with Crippen LogP contribution in [0.1, 0.15) is 31.9 Å². The zero-order valence-corrected chi connectivity index (χ0v) is 23.4. The SMILES string of the molecule is CCNC(=O)C(C)N(Cc1ccc(C)cc1)C(=O)CN(c1ccc(F)cc1)S(=O)(=O)c1ccc(OCC)cc1. The molecule has 0 saturated carbocycles. The lowest BCUT2D eigenvalue weighted by molar-refractivity contribution is -0.139. The summed E-state index contributed by atoms with van der Waals surface area (Å²) < 4.78 is 47.6. The quantitative estimate of drug-likeness (QED) is 0.360. The number of aryl methyl sites for hydroxylation is 1. The second kappa shape index (κ2) is 13.2. The van der Waals surface area contributed by atoms with E-state index < -0.39 is 34.3 Å². The average molecular weight is 556 g/mol. The lowest BCUT2D eigenvalue weighted by Gasteiger charge is -2.32. The van der Waals surface area contributed by atoms with Crippen LogP contribution in [0.15, 0.2) is 77.7 Å². The van der Waals surface area contributed by atoms with Gasteiger partial charge in [-0.1, -0.05) is 29.8 Å². The van der Waals surface area contributed by atoms with Crippen molar-refractivity contribution in [2.45, 2.75) is 45.2 Å². The van der Waals surface area contributed by atoms with E-state index in [4.69, 9.17) is 4.74 Å². The molecule has 39 heavy (non-hydrogen) atoms. The molecule has 0 aromatic heterocycles. The second-order valence-electron chi connectivity index (χ2n) is 8.97. The molecule has 0 aliphatic carbocycles. The van der Waals surface area contributed by atoms with E-state index in [9.17, 15) is 22.4 Å². The van der Waals surface area contributed by atoms with Gasteiger partial charge in [0.1, 0.15) is 24.2 Å². The molecule has 0 saturated heterocycles. The number of rotatable bonds is 12. The number of carbonyl (C=O) groups is 2. The first-order valence-electron chi connectivity index (χ1n) is 12.7. The predicted octanol–water partition coefficient (Wildman–Crippen LogP) is 4.28. The van der Waals surface area contributed by atoms with Gasteiger partial charge in [0.2, 0.25) is 11.8 Å². The molecule has 0 heterocycles. The molecule has 1 unspecified atom stereocenters. The minimum atomic E-state index is -4.25. The first-order chi connectivity index (χ1) is 18.6. The summed E-state index contributed by atoms with van der Waals surface area (Å²) in [6.45, 7) is 7.42. The summed E-state index contributed by atoms with van der Waals surface area (Å²) in [5.41, 5.74) is 1.93. The monoisotopic (exact) mass is 555 g/mol. The van der Waals surface area contributed by atoms with Crippen LogP contribution in [0.2, 0.25) is 0 Å². The predicted molar refractivity (Wildman–Crippen MR) is 148 cm³/mol. The molecular formula is C29H34FN3O5S. The molecular weight excluding hydrogens is 521 g/mol. The molecule has 0 radical (unpaired) electrons. The van der Waals surface area contributed by atoms with Gasteiger partial charge in [0.05, 0.1) is 17.2 Å². The second-order valence-corrected chi connectivity index (χ2v) is 10.8. The number of benzene rings is 3. The van der Waals surface area contributed by atoms with E-state index in [0.29, 0.717) is 18.9 Å². The summed E-state index contributed by atoms with van der Waals surface area (Å²) in [6, 6.07) is 17.3. The number of sulfonamides is 1. The molecule has 0 bridgehead atoms. The maximum Gasteiger partial charge on any atom is 0.264 e. The van der Waals surface area contributed by atoms with Crippen LogP contribution >= 0.6 is 0 Å². The highest BCUT2D eigenvalue weighted by Crippen LogP contribution is 2.26. The smallest absolute Gasteiger partial charge is 0.264 e. The zero-order valence-electron chi connectivity index (χ0n) is 22.6. The Morgan fingerprint density at radius 3 is 2.13 bits per heavy atom. The number of halogens is 1. The van der Waals surface area contributed by atoms with Gasteiger partial charge in [-0.25, -0.2) is 12.8 Å². The van der Waals surface area contributed by atoms with Crippen LogP contribution in [-0.4, -0.2) is 50.9 Å². The molecule has 0 aliphatic heterocycles. The van der Waals surface area contributed by atoms with E-state index in [1.807, 2.05) is 38.1 Å². The van der Waals surface area contributed by atoms with Crippen molar-refractivity contribution < 1.29 is 27.1 Å². The summed E-state index contributed by atoms with van der Waals surface area (Å²) in [6.07, 6.45) is 0. The van der Waals surface area contributed by atoms with Crippen molar-refractivity contribution in [2.24, 2.45) is 0 Å². The van der Waals surface area contributed by atoms with Gasteiger partial charge in [-0.15, -0.1) is 0 Å². The summed E-state index contributed by atoms with van der Waals surface area (Å²) >= 11 is 0. The molecule has 208 valence electrons. The molecule has 3 aromatic rings. The Hall–Kier alpha value is -3.92. The Labute approximate surface area is 229 Å². The van der Waals surface area contributed by atoms with E-state index >= 15 is 0 Å². The van der Waals surface area contributed by atoms with Gasteiger partial charge < -0.3 is 15.0 Å². The van der Waals surface area contributed by atoms with Crippen LogP contribution in [0.4, 0.5) is 10.1 Å². The first-order valence-corrected chi connectivity index (χ1v) is 14.1. The van der Waals surface area contributed by atoms with Crippen molar-refractivity contribution in [2.75, 3.05) is 24.0 Å². The fourth-order valence-electron chi connectivity index (χ4n) is 3.93. The summed E-state index contributed by atoms with van der Waals surface area (Å²) in [7, 11) is -4.25. The lowest BCUT2D eigenvalue weighted by Crippen LogP contribution is -2.51. The standard InChI is InChI=1S/C29H34FN3O5S/c1-5-31-29(35)22(4)32(19-23-9-7-21(3)8-10-23)28(34)20-33(25-13-11-24(30)12-14-25)39(36,37)27-17-15-26(16-18-27)38-6-2/h7-18,22H,5-6,19-20H2,1-4H3,(H,31,35). The van der Waals surface area contributed by atoms with Gasteiger partial charge in [-0.3, -0.25) is 13.9 Å². The van der Waals surface area contributed by atoms with Crippen molar-refractivity contribution in [3.05, 3.63) is 89.7 Å². The fraction of sp³-hybridized carbons (Fsp3) is 0.310. The number of amides is 2. The van der Waals surface area contributed by atoms with Crippen LogP contribution in [0.5, 0.6) is 5.75 Å². The zero-order chi connectivity index (χ0) is 28.6. The average Bonchev–Trinajstić information content (AvgIpc) is 2.92. The molecule has 10 heteroatoms. The van der Waals surface area contributed by atoms with Crippen LogP contribution in [-0.2, 0) is 26.2 Å². The summed E-state index contributed by atoms with van der Waals surface area (Å²) in [4.78, 5) is 27.8. The Kier molecular flexibility index (Phi) is 10.1. The highest BCUT2D eigenvalue weighted by molar-refractivity contribution is 7.92. The topological polar surface area (TPSA) is 96.0 Å². The third-order valence-electron chi connectivity index (χ3n) is 6.11. The lowest BCUT2D eigenvalue weighted by atomic mass is 10.1. The van der Waals surface area contributed by atoms with Crippen molar-refractivity contribution in [1.29, 1.82) is 0 Å². The normalized spacial score (nSPS) is 11.9. The Morgan fingerprint density at radius 2 is 1.56 bits per heavy atom. The van der Waals surface area contributed by atoms with Gasteiger partial charge >= 0.3 is 0 Å². The minimum absolute atomic E-state index is 0.0649. The van der Waals surface area contributed by atoms with Gasteiger partial charge in [-0.2, -0.15) is 0 Å². The van der Waals surface area contributed by atoms with Crippen LogP contribution in [0.25, 0.3) is 0 Å². The van der Waals surface area contributed by atoms with Gasteiger partial charge in [-0.05, 0) is 81.8 Å². The third kappa shape index (κ3) is 7.57. The fourth-order valence-corrected chi connectivity index (χ4v) is 5.35. The molecule has 0 spiro atoms. The van der Waals surface area contributed by atoms with E-state index in [-0.39, 0.29) is 23.0 Å². The van der Waals surface area contributed by atoms with Crippen LogP contribution < -0.4 is 14.4 Å². The number of hydrogen-bond donors (Lipinski definition) is 1. The van der Waals surface area contributed by atoms with Gasteiger partial charge in [0, 0.05) is 13.1 Å². The molecule has 0 aliphatic rings. The molecule has 8 nitrogen and oxygen atoms in total. The summed E-state index contributed by atoms with van der Waals surface area (Å²) in [5.74, 6) is -0.996. The number of nitrogens with zero attached hydrogens (tertiary/aromatic N) is 2. The van der Waals surface area contributed by atoms with Gasteiger partial charge in [0.25, 0.3) is 10.0 Å². The Morgan fingerprint density at radius 1 is 0.949 bits per heavy atom. The van der Waals surface area contributed by atoms with Crippen molar-refractivity contribution >= 4 is 27.5 Å². The molecule has 3 aromatic carbocycles. The van der Waals surface area contributed by atoms with E-state index in [1.54, 1.807) is 13.8 Å². The number of nitrogens with one attached hydrogen (secondary N) is 1. The number of anilines is 1. The maximum atomic E-state index is 13.8. The summed E-state index contributed by atoms with van der Waals surface area (Å²) in [5, 5.41) is 2.72. The number of ether oxygens (including phenoxy) is 1. The van der Waals surface area contributed by atoms with E-state index in [0.717, 1.165) is 27.6 Å². The molecule has 0 fully saturated rings. The van der Waals surface area contributed by atoms with E-state index in [2.05, 4.69) is 5.32 Å². The van der Waals surface area contributed by atoms with Crippen LogP contribution in [0, 0.1) is 12.7 Å². The highest BCUT2D eigenvalue weighted by atomic mass is 32.2. The minimum Gasteiger partial charge on any atom is -0.494 e. The van der Waals surface area contributed by atoms with Crippen molar-refractivity contribution in [1.82, 2.24) is 10.2 Å². The third-order valence-corrected chi connectivity index (χ3v) is 7.90. The van der Waals surface area contributed by atoms with Gasteiger partial charge in [0.15, 0.2) is 0 Å². The number of likely N-dealkylation sites (N-methyl/N-ethyl adjacent to an activating group) is 1. The van der Waals surface area contributed by atoms with Crippen molar-refractivity contribution in [3.8, 4) is 5.75 Å². The molecule has 1 N–H and O–H groups in total. The van der Waals surface area contributed by atoms with E-state index in [1.165, 1.54) is 41.3 Å². The largest absolute Gasteiger partial charge is 0.494 e. The maximum absolute atomic E-state index is 13.8. The first kappa shape index (κ1) is 29.6. The van der Waals surface area contributed by atoms with Crippen molar-refractivity contribution in [3.63, 3.8) is 0 Å². The number of carbonyl (C=O) groups excluding carboxylic acids is 2. The molecule has 2 amide bonds. The molecule has 1 atom stereocenters. The Bertz CT molecular complexity index is 1360.